The van der Waals surface area contributed by atoms with E-state index in [2.05, 4.69) is 36.7 Å². The Kier molecular flexibility index (Phi) is 2.86. The average molecular weight is 243 g/mol. The third-order valence-corrected chi connectivity index (χ3v) is 4.44. The number of para-hydroxylation sites is 1. The molecule has 2 atom stereocenters. The van der Waals surface area contributed by atoms with Gasteiger partial charge in [0.25, 0.3) is 0 Å². The molecule has 1 aromatic heterocycles. The first-order valence-corrected chi connectivity index (χ1v) is 6.86. The summed E-state index contributed by atoms with van der Waals surface area (Å²) in [4.78, 5) is 4.90. The van der Waals surface area contributed by atoms with Crippen molar-refractivity contribution in [2.24, 2.45) is 18.7 Å². The number of imidazole rings is 1. The zero-order valence-corrected chi connectivity index (χ0v) is 11.2. The molecule has 2 N–H and O–H groups in total. The summed E-state index contributed by atoms with van der Waals surface area (Å²) in [7, 11) is 2.13. The molecule has 0 bridgehead atoms. The minimum atomic E-state index is 0.564. The molecular weight excluding hydrogens is 222 g/mol. The molecule has 18 heavy (non-hydrogen) atoms. The Labute approximate surface area is 108 Å². The topological polar surface area (TPSA) is 43.8 Å². The van der Waals surface area contributed by atoms with Gasteiger partial charge in [0.2, 0.25) is 0 Å². The van der Waals surface area contributed by atoms with Gasteiger partial charge in [0.1, 0.15) is 5.82 Å². The summed E-state index contributed by atoms with van der Waals surface area (Å²) in [6, 6.07) is 6.30. The lowest BCUT2D eigenvalue weighted by atomic mass is 9.97. The minimum absolute atomic E-state index is 0.564. The van der Waals surface area contributed by atoms with Gasteiger partial charge in [-0.1, -0.05) is 25.5 Å². The van der Waals surface area contributed by atoms with Crippen molar-refractivity contribution in [3.8, 4) is 0 Å². The van der Waals surface area contributed by atoms with E-state index >= 15 is 0 Å². The first kappa shape index (κ1) is 11.7. The highest BCUT2D eigenvalue weighted by molar-refractivity contribution is 5.79. The lowest BCUT2D eigenvalue weighted by Gasteiger charge is -2.14. The molecule has 3 heteroatoms. The molecule has 0 radical (unpaired) electrons. The predicted molar refractivity (Wildman–Crippen MR) is 74.4 cm³/mol. The van der Waals surface area contributed by atoms with Gasteiger partial charge in [-0.15, -0.1) is 0 Å². The molecule has 3 nitrogen and oxygen atoms in total. The smallest absolute Gasteiger partial charge is 0.113 e. The standard InChI is InChI=1S/C15H21N3/c1-10-5-3-7-12(10)15-17-14-11(9-16)6-4-8-13(14)18(15)2/h4,6,8,10,12H,3,5,7,9,16H2,1-2H3. The lowest BCUT2D eigenvalue weighted by Crippen LogP contribution is -2.08. The second-order valence-corrected chi connectivity index (χ2v) is 5.53. The highest BCUT2D eigenvalue weighted by atomic mass is 15.1. The van der Waals surface area contributed by atoms with E-state index in [4.69, 9.17) is 10.7 Å². The largest absolute Gasteiger partial charge is 0.331 e. The van der Waals surface area contributed by atoms with Crippen molar-refractivity contribution in [2.45, 2.75) is 38.6 Å². The van der Waals surface area contributed by atoms with Crippen molar-refractivity contribution in [3.63, 3.8) is 0 Å². The van der Waals surface area contributed by atoms with Crippen LogP contribution in [0, 0.1) is 5.92 Å². The SMILES string of the molecule is CC1CCCC1c1nc2c(CN)cccc2n1C. The Morgan fingerprint density at radius 2 is 2.22 bits per heavy atom. The zero-order chi connectivity index (χ0) is 12.7. The number of hydrogen-bond donors (Lipinski definition) is 1. The van der Waals surface area contributed by atoms with Crippen LogP contribution < -0.4 is 5.73 Å². The number of fused-ring (bicyclic) bond motifs is 1. The Hall–Kier alpha value is -1.35. The molecule has 1 fully saturated rings. The van der Waals surface area contributed by atoms with Crippen LogP contribution in [-0.4, -0.2) is 9.55 Å². The predicted octanol–water partition coefficient (Wildman–Crippen LogP) is 2.94. The van der Waals surface area contributed by atoms with Crippen molar-refractivity contribution in [1.29, 1.82) is 0 Å². The molecule has 0 aliphatic heterocycles. The second-order valence-electron chi connectivity index (χ2n) is 5.53. The molecular formula is C15H21N3. The Bertz CT molecular complexity index is 570. The van der Waals surface area contributed by atoms with E-state index < -0.39 is 0 Å². The van der Waals surface area contributed by atoms with Gasteiger partial charge >= 0.3 is 0 Å². The molecule has 2 unspecified atom stereocenters. The molecule has 1 aromatic carbocycles. The van der Waals surface area contributed by atoms with Gasteiger partial charge in [-0.05, 0) is 30.4 Å². The van der Waals surface area contributed by atoms with E-state index in [1.165, 1.54) is 30.6 Å². The summed E-state index contributed by atoms with van der Waals surface area (Å²) < 4.78 is 2.26. The van der Waals surface area contributed by atoms with Gasteiger partial charge in [-0.2, -0.15) is 0 Å². The molecule has 1 saturated carbocycles. The van der Waals surface area contributed by atoms with Crippen molar-refractivity contribution in [3.05, 3.63) is 29.6 Å². The van der Waals surface area contributed by atoms with Crippen LogP contribution in [0.2, 0.25) is 0 Å². The summed E-state index contributed by atoms with van der Waals surface area (Å²) in [6.45, 7) is 2.91. The number of rotatable bonds is 2. The van der Waals surface area contributed by atoms with E-state index in [9.17, 15) is 0 Å². The van der Waals surface area contributed by atoms with Crippen molar-refractivity contribution in [2.75, 3.05) is 0 Å². The first-order valence-electron chi connectivity index (χ1n) is 6.86. The average Bonchev–Trinajstić information content (AvgIpc) is 2.93. The van der Waals surface area contributed by atoms with Crippen LogP contribution in [0.3, 0.4) is 0 Å². The van der Waals surface area contributed by atoms with Crippen LogP contribution in [0.4, 0.5) is 0 Å². The van der Waals surface area contributed by atoms with Crippen LogP contribution in [0.1, 0.15) is 43.5 Å². The van der Waals surface area contributed by atoms with Crippen LogP contribution in [0.25, 0.3) is 11.0 Å². The molecule has 96 valence electrons. The fourth-order valence-electron chi connectivity index (χ4n) is 3.32. The Balaban J connectivity index is 2.16. The van der Waals surface area contributed by atoms with Crippen LogP contribution in [0.15, 0.2) is 18.2 Å². The van der Waals surface area contributed by atoms with Crippen molar-refractivity contribution in [1.82, 2.24) is 9.55 Å². The maximum atomic E-state index is 5.81. The first-order chi connectivity index (χ1) is 8.72. The molecule has 1 aliphatic carbocycles. The van der Waals surface area contributed by atoms with Gasteiger partial charge in [0, 0.05) is 19.5 Å². The van der Waals surface area contributed by atoms with Crippen LogP contribution in [-0.2, 0) is 13.6 Å². The van der Waals surface area contributed by atoms with Gasteiger partial charge < -0.3 is 10.3 Å². The van der Waals surface area contributed by atoms with E-state index in [1.807, 2.05) is 0 Å². The molecule has 2 aromatic rings. The second kappa shape index (κ2) is 4.39. The minimum Gasteiger partial charge on any atom is -0.331 e. The summed E-state index contributed by atoms with van der Waals surface area (Å²) >= 11 is 0. The molecule has 1 aliphatic rings. The van der Waals surface area contributed by atoms with Crippen LogP contribution >= 0.6 is 0 Å². The fourth-order valence-corrected chi connectivity index (χ4v) is 3.32. The molecule has 0 saturated heterocycles. The number of aryl methyl sites for hydroxylation is 1. The third-order valence-electron chi connectivity index (χ3n) is 4.44. The van der Waals surface area contributed by atoms with Gasteiger partial charge in [0.05, 0.1) is 11.0 Å². The molecule has 1 heterocycles. The summed E-state index contributed by atoms with van der Waals surface area (Å²) in [6.07, 6.45) is 3.94. The van der Waals surface area contributed by atoms with E-state index in [0.717, 1.165) is 17.0 Å². The molecule has 0 spiro atoms. The number of hydrogen-bond acceptors (Lipinski definition) is 2. The lowest BCUT2D eigenvalue weighted by molar-refractivity contribution is 0.499. The zero-order valence-electron chi connectivity index (χ0n) is 11.2. The number of nitrogens with two attached hydrogens (primary N) is 1. The third kappa shape index (κ3) is 1.65. The fraction of sp³-hybridized carbons (Fsp3) is 0.533. The van der Waals surface area contributed by atoms with Crippen molar-refractivity contribution >= 4 is 11.0 Å². The van der Waals surface area contributed by atoms with Gasteiger partial charge in [0.15, 0.2) is 0 Å². The number of aromatic nitrogens is 2. The quantitative estimate of drug-likeness (QED) is 0.881. The monoisotopic (exact) mass is 243 g/mol. The van der Waals surface area contributed by atoms with Crippen molar-refractivity contribution < 1.29 is 0 Å². The normalized spacial score (nSPS) is 23.9. The highest BCUT2D eigenvalue weighted by Crippen LogP contribution is 2.39. The van der Waals surface area contributed by atoms with E-state index in [-0.39, 0.29) is 0 Å². The van der Waals surface area contributed by atoms with E-state index in [1.54, 1.807) is 0 Å². The van der Waals surface area contributed by atoms with E-state index in [0.29, 0.717) is 12.5 Å². The Morgan fingerprint density at radius 3 is 2.89 bits per heavy atom. The maximum absolute atomic E-state index is 5.81. The summed E-state index contributed by atoms with van der Waals surface area (Å²) in [5.74, 6) is 2.62. The van der Waals surface area contributed by atoms with Gasteiger partial charge in [-0.25, -0.2) is 4.98 Å². The number of nitrogens with zero attached hydrogens (tertiary/aromatic N) is 2. The number of benzene rings is 1. The molecule has 3 rings (SSSR count). The maximum Gasteiger partial charge on any atom is 0.113 e. The summed E-state index contributed by atoms with van der Waals surface area (Å²) in [5, 5.41) is 0. The summed E-state index contributed by atoms with van der Waals surface area (Å²) in [5.41, 5.74) is 9.27. The van der Waals surface area contributed by atoms with Crippen LogP contribution in [0.5, 0.6) is 0 Å². The Morgan fingerprint density at radius 1 is 1.39 bits per heavy atom. The highest BCUT2D eigenvalue weighted by Gasteiger charge is 2.29. The molecule has 0 amide bonds. The van der Waals surface area contributed by atoms with Gasteiger partial charge in [-0.3, -0.25) is 0 Å².